The Balaban J connectivity index is 0.00000361. The number of benzene rings is 1. The number of aliphatic imine (C=N–C) groups is 1. The van der Waals surface area contributed by atoms with Crippen LogP contribution in [0.2, 0.25) is 10.0 Å². The number of aromatic nitrogens is 1. The van der Waals surface area contributed by atoms with Crippen LogP contribution in [-0.4, -0.2) is 78.4 Å². The molecule has 4 rings (SSSR count). The van der Waals surface area contributed by atoms with Crippen LogP contribution in [0, 0.1) is 11.5 Å². The predicted molar refractivity (Wildman–Crippen MR) is 141 cm³/mol. The third-order valence-corrected chi connectivity index (χ3v) is 7.31. The maximum Gasteiger partial charge on any atom is 0.252 e. The van der Waals surface area contributed by atoms with Crippen LogP contribution >= 0.6 is 23.2 Å². The molecule has 3 heterocycles. The number of hydrogen-bond acceptors (Lipinski definition) is 6. The van der Waals surface area contributed by atoms with E-state index >= 15 is 0 Å². The summed E-state index contributed by atoms with van der Waals surface area (Å²) in [4.78, 5) is 27.4. The second-order valence-corrected chi connectivity index (χ2v) is 9.75. The van der Waals surface area contributed by atoms with Crippen molar-refractivity contribution in [2.75, 3.05) is 44.7 Å². The Morgan fingerprint density at radius 1 is 1.17 bits per heavy atom. The molecule has 1 atom stereocenters. The quantitative estimate of drug-likeness (QED) is 0.377. The summed E-state index contributed by atoms with van der Waals surface area (Å²) in [5.74, 6) is 1.23. The van der Waals surface area contributed by atoms with Gasteiger partial charge in [0.1, 0.15) is 11.7 Å². The molecule has 2 aromatic rings. The summed E-state index contributed by atoms with van der Waals surface area (Å²) in [5, 5.41) is 13.0. The molecule has 2 aliphatic rings. The summed E-state index contributed by atoms with van der Waals surface area (Å²) in [7, 11) is 1.59. The van der Waals surface area contributed by atoms with Gasteiger partial charge in [0.15, 0.2) is 0 Å². The van der Waals surface area contributed by atoms with E-state index in [1.54, 1.807) is 19.3 Å². The maximum atomic E-state index is 11.9. The fourth-order valence-corrected chi connectivity index (χ4v) is 5.42. The first kappa shape index (κ1) is 25.2. The van der Waals surface area contributed by atoms with Crippen LogP contribution < -0.4 is 10.2 Å². The van der Waals surface area contributed by atoms with Gasteiger partial charge in [-0.3, -0.25) is 9.69 Å². The number of pyridine rings is 1. The zero-order chi connectivity index (χ0) is 24.9. The molecule has 35 heavy (non-hydrogen) atoms. The molecular weight excluding hydrogens is 485 g/mol. The minimum absolute atomic E-state index is 0. The topological polar surface area (TPSA) is 87.9 Å². The molecule has 0 aliphatic carbocycles. The molecule has 8 nitrogen and oxygen atoms in total. The molecule has 0 radical (unpaired) electrons. The van der Waals surface area contributed by atoms with E-state index < -0.39 is 0 Å². The number of carbonyl (C=O) groups is 1. The number of amidine groups is 1. The Morgan fingerprint density at radius 3 is 2.49 bits per heavy atom. The van der Waals surface area contributed by atoms with E-state index in [2.05, 4.69) is 36.9 Å². The third kappa shape index (κ3) is 5.69. The van der Waals surface area contributed by atoms with Gasteiger partial charge in [-0.15, -0.1) is 0 Å². The molecule has 0 bridgehead atoms. The number of likely N-dealkylation sites (tertiary alicyclic amines) is 1. The molecule has 1 N–H and O–H groups in total. The fourth-order valence-electron chi connectivity index (χ4n) is 5.01. The van der Waals surface area contributed by atoms with Crippen LogP contribution in [0.1, 0.15) is 37.1 Å². The largest absolute Gasteiger partial charge is 0.355 e. The molecule has 2 saturated heterocycles. The predicted octanol–water partition coefficient (Wildman–Crippen LogP) is 3.90. The Bertz CT molecular complexity index is 1130. The normalized spacial score (nSPS) is 20.0. The SMILES string of the molecule is CNC(=O)c1cnc(N2CCN(C3CCN(C(=NC#N)c4ccc(Cl)cc4)CC3)[C@@H](C)C2)c(Cl)c1.[HH]. The van der Waals surface area contributed by atoms with Gasteiger partial charge in [-0.25, -0.2) is 4.98 Å². The van der Waals surface area contributed by atoms with Crippen molar-refractivity contribution in [3.8, 4) is 6.19 Å². The zero-order valence-corrected chi connectivity index (χ0v) is 21.4. The van der Waals surface area contributed by atoms with Gasteiger partial charge in [0.25, 0.3) is 5.91 Å². The van der Waals surface area contributed by atoms with E-state index in [4.69, 9.17) is 23.2 Å². The summed E-state index contributed by atoms with van der Waals surface area (Å²) in [6.45, 7) is 6.48. The van der Waals surface area contributed by atoms with Gasteiger partial charge in [-0.1, -0.05) is 23.2 Å². The molecule has 1 amide bonds. The number of rotatable bonds is 4. The minimum atomic E-state index is -0.200. The molecule has 10 heteroatoms. The van der Waals surface area contributed by atoms with E-state index in [1.807, 2.05) is 30.5 Å². The number of carbonyl (C=O) groups excluding carboxylic acids is 1. The number of hydrogen-bond donors (Lipinski definition) is 1. The van der Waals surface area contributed by atoms with Crippen molar-refractivity contribution in [3.63, 3.8) is 0 Å². The van der Waals surface area contributed by atoms with E-state index in [1.165, 1.54) is 0 Å². The van der Waals surface area contributed by atoms with Crippen molar-refractivity contribution in [1.82, 2.24) is 20.1 Å². The lowest BCUT2D eigenvalue weighted by Gasteiger charge is -2.47. The summed E-state index contributed by atoms with van der Waals surface area (Å²) in [6, 6.07) is 9.95. The average Bonchev–Trinajstić information content (AvgIpc) is 2.87. The van der Waals surface area contributed by atoms with Gasteiger partial charge in [0.2, 0.25) is 6.19 Å². The molecule has 1 aromatic heterocycles. The zero-order valence-electron chi connectivity index (χ0n) is 19.9. The van der Waals surface area contributed by atoms with Crippen molar-refractivity contribution >= 4 is 40.8 Å². The number of halogens is 2. The number of piperidine rings is 1. The monoisotopic (exact) mass is 515 g/mol. The van der Waals surface area contributed by atoms with Gasteiger partial charge in [-0.05, 0) is 50.1 Å². The van der Waals surface area contributed by atoms with E-state index in [0.29, 0.717) is 33.5 Å². The van der Waals surface area contributed by atoms with E-state index in [9.17, 15) is 10.1 Å². The standard InChI is InChI=1S/C25H29Cl2N7O.H2/c1-17-15-33(24-22(27)13-19(14-30-24)25(35)29-2)11-12-34(17)21-7-9-32(10-8-21)23(31-16-28)18-3-5-20(26)6-4-18;/h3-6,13-14,17,21H,7-12,15H2,1-2H3,(H,29,35);1H/t17-;/m0./s1. The van der Waals surface area contributed by atoms with Crippen molar-refractivity contribution in [2.24, 2.45) is 4.99 Å². The molecule has 2 fully saturated rings. The molecule has 0 spiro atoms. The Kier molecular flexibility index (Phi) is 8.11. The number of anilines is 1. The van der Waals surface area contributed by atoms with Gasteiger partial charge in [0.05, 0.1) is 10.6 Å². The van der Waals surface area contributed by atoms with Gasteiger partial charge in [-0.2, -0.15) is 10.3 Å². The number of piperazine rings is 1. The highest BCUT2D eigenvalue weighted by Gasteiger charge is 2.33. The van der Waals surface area contributed by atoms with Gasteiger partial charge < -0.3 is 15.1 Å². The molecule has 0 saturated carbocycles. The second kappa shape index (κ2) is 11.3. The summed E-state index contributed by atoms with van der Waals surface area (Å²) >= 11 is 12.5. The highest BCUT2D eigenvalue weighted by molar-refractivity contribution is 6.33. The Labute approximate surface area is 217 Å². The smallest absolute Gasteiger partial charge is 0.252 e. The highest BCUT2D eigenvalue weighted by atomic mass is 35.5. The molecule has 2 aliphatic heterocycles. The van der Waals surface area contributed by atoms with E-state index in [0.717, 1.165) is 56.9 Å². The number of nitriles is 1. The van der Waals surface area contributed by atoms with Crippen LogP contribution in [0.25, 0.3) is 0 Å². The van der Waals surface area contributed by atoms with Crippen molar-refractivity contribution in [2.45, 2.75) is 31.8 Å². The summed E-state index contributed by atoms with van der Waals surface area (Å²) in [5.41, 5.74) is 1.36. The lowest BCUT2D eigenvalue weighted by Crippen LogP contribution is -2.58. The molecule has 0 unspecified atom stereocenters. The molecule has 186 valence electrons. The van der Waals surface area contributed by atoms with Crippen LogP contribution in [0.3, 0.4) is 0 Å². The number of amides is 1. The Morgan fingerprint density at radius 2 is 1.89 bits per heavy atom. The van der Waals surface area contributed by atoms with Gasteiger partial charge in [0, 0.05) is 70.1 Å². The van der Waals surface area contributed by atoms with Crippen LogP contribution in [-0.2, 0) is 0 Å². The third-order valence-electron chi connectivity index (χ3n) is 6.78. The summed E-state index contributed by atoms with van der Waals surface area (Å²) < 4.78 is 0. The second-order valence-electron chi connectivity index (χ2n) is 8.90. The van der Waals surface area contributed by atoms with Crippen LogP contribution in [0.15, 0.2) is 41.5 Å². The lowest BCUT2D eigenvalue weighted by molar-refractivity contribution is 0.0886. The summed E-state index contributed by atoms with van der Waals surface area (Å²) in [6.07, 6.45) is 5.54. The minimum Gasteiger partial charge on any atom is -0.355 e. The van der Waals surface area contributed by atoms with Crippen molar-refractivity contribution < 1.29 is 6.22 Å². The van der Waals surface area contributed by atoms with Crippen molar-refractivity contribution in [3.05, 3.63) is 57.7 Å². The fraction of sp³-hybridized carbons (Fsp3) is 0.440. The van der Waals surface area contributed by atoms with Crippen LogP contribution in [0.5, 0.6) is 0 Å². The lowest BCUT2D eigenvalue weighted by atomic mass is 9.99. The van der Waals surface area contributed by atoms with Crippen molar-refractivity contribution in [1.29, 1.82) is 5.26 Å². The van der Waals surface area contributed by atoms with Crippen LogP contribution in [0.4, 0.5) is 5.82 Å². The van der Waals surface area contributed by atoms with E-state index in [-0.39, 0.29) is 7.33 Å². The Hall–Kier alpha value is -2.86. The molecular formula is C25H31Cl2N7O. The highest BCUT2D eigenvalue weighted by Crippen LogP contribution is 2.29. The number of nitrogens with one attached hydrogen (secondary N) is 1. The van der Waals surface area contributed by atoms with Gasteiger partial charge >= 0.3 is 0 Å². The number of nitrogens with zero attached hydrogens (tertiary/aromatic N) is 6. The first-order chi connectivity index (χ1) is 16.9. The maximum absolute atomic E-state index is 11.9. The average molecular weight is 516 g/mol. The first-order valence-corrected chi connectivity index (χ1v) is 12.5. The molecule has 1 aromatic carbocycles. The first-order valence-electron chi connectivity index (χ1n) is 11.8.